The number of thiophene rings is 1. The molecule has 10 nitrogen and oxygen atoms in total. The van der Waals surface area contributed by atoms with Gasteiger partial charge in [0.15, 0.2) is 5.82 Å². The van der Waals surface area contributed by atoms with Gasteiger partial charge < -0.3 is 26.0 Å². The van der Waals surface area contributed by atoms with Crippen molar-refractivity contribution in [2.75, 3.05) is 43.4 Å². The van der Waals surface area contributed by atoms with Gasteiger partial charge in [-0.2, -0.15) is 15.2 Å². The SMILES string of the molecule is N#Cc1c(N)sc2c(F)ccc(-c3c(Cl)cc4c(N5CC[C@@H](NC(=O)C[C@@H]6N[C@H]6C6CC6)C5)nc(OC[C@@]56CCCN5C[C@H](F)C6)nc4c3F)c12. The maximum Gasteiger partial charge on any atom is 0.319 e. The molecule has 266 valence electrons. The number of hydrogen-bond donors (Lipinski definition) is 3. The fourth-order valence-electron chi connectivity index (χ4n) is 8.72. The largest absolute Gasteiger partial charge is 0.461 e. The molecule has 15 heteroatoms. The van der Waals surface area contributed by atoms with E-state index in [1.54, 1.807) is 6.07 Å². The molecule has 4 N–H and O–H groups in total. The zero-order valence-electron chi connectivity index (χ0n) is 27.7. The van der Waals surface area contributed by atoms with Gasteiger partial charge in [-0.15, -0.1) is 11.3 Å². The van der Waals surface area contributed by atoms with E-state index in [4.69, 9.17) is 27.1 Å². The lowest BCUT2D eigenvalue weighted by Crippen LogP contribution is -2.43. The molecule has 1 aliphatic carbocycles. The van der Waals surface area contributed by atoms with E-state index < -0.39 is 23.3 Å². The zero-order valence-corrected chi connectivity index (χ0v) is 29.2. The second-order valence-corrected chi connectivity index (χ2v) is 16.2. The summed E-state index contributed by atoms with van der Waals surface area (Å²) >= 11 is 7.78. The number of nitrogens with two attached hydrogens (primary N) is 1. The molecule has 2 aromatic carbocycles. The Kier molecular flexibility index (Phi) is 7.99. The van der Waals surface area contributed by atoms with Crippen molar-refractivity contribution in [2.45, 2.75) is 74.8 Å². The molecular formula is C36H36ClF3N8O2S. The van der Waals surface area contributed by atoms with E-state index in [0.29, 0.717) is 62.1 Å². The number of amides is 1. The van der Waals surface area contributed by atoms with Crippen LogP contribution in [0.3, 0.4) is 0 Å². The number of carbonyl (C=O) groups is 1. The molecule has 0 bridgehead atoms. The van der Waals surface area contributed by atoms with Gasteiger partial charge >= 0.3 is 6.01 Å². The first-order valence-corrected chi connectivity index (χ1v) is 18.7. The van der Waals surface area contributed by atoms with Crippen LogP contribution < -0.4 is 26.0 Å². The first kappa shape index (κ1) is 33.0. The number of fused-ring (bicyclic) bond motifs is 3. The maximum atomic E-state index is 17.0. The summed E-state index contributed by atoms with van der Waals surface area (Å²) in [5.74, 6) is -0.274. The van der Waals surface area contributed by atoms with E-state index in [1.165, 1.54) is 25.0 Å². The van der Waals surface area contributed by atoms with Crippen LogP contribution in [-0.2, 0) is 4.79 Å². The number of anilines is 2. The highest BCUT2D eigenvalue weighted by Crippen LogP contribution is 2.46. The van der Waals surface area contributed by atoms with Crippen molar-refractivity contribution < 1.29 is 22.7 Å². The number of aromatic nitrogens is 2. The molecule has 5 atom stereocenters. The fraction of sp³-hybridized carbons (Fsp3) is 0.500. The minimum absolute atomic E-state index is 0.00248. The van der Waals surface area contributed by atoms with E-state index in [9.17, 15) is 18.8 Å². The molecule has 6 heterocycles. The summed E-state index contributed by atoms with van der Waals surface area (Å²) in [6, 6.07) is 6.68. The summed E-state index contributed by atoms with van der Waals surface area (Å²) in [7, 11) is 0. The van der Waals surface area contributed by atoms with E-state index in [-0.39, 0.29) is 72.9 Å². The Balaban J connectivity index is 1.08. The third-order valence-electron chi connectivity index (χ3n) is 11.4. The molecule has 1 saturated carbocycles. The number of alkyl halides is 1. The number of halogens is 4. The number of rotatable bonds is 9. The molecule has 0 spiro atoms. The number of hydrogen-bond acceptors (Lipinski definition) is 10. The minimum atomic E-state index is -0.951. The third kappa shape index (κ3) is 5.73. The lowest BCUT2D eigenvalue weighted by atomic mass is 9.95. The van der Waals surface area contributed by atoms with Gasteiger partial charge in [-0.1, -0.05) is 17.7 Å². The Morgan fingerprint density at radius 2 is 2.08 bits per heavy atom. The van der Waals surface area contributed by atoms with Crippen LogP contribution >= 0.6 is 22.9 Å². The smallest absolute Gasteiger partial charge is 0.319 e. The zero-order chi connectivity index (χ0) is 35.2. The molecule has 0 unspecified atom stereocenters. The van der Waals surface area contributed by atoms with Crippen molar-refractivity contribution in [3.05, 3.63) is 40.4 Å². The van der Waals surface area contributed by atoms with Crippen LogP contribution in [0.5, 0.6) is 6.01 Å². The van der Waals surface area contributed by atoms with E-state index in [2.05, 4.69) is 20.5 Å². The molecule has 4 aromatic rings. The monoisotopic (exact) mass is 736 g/mol. The van der Waals surface area contributed by atoms with Crippen molar-refractivity contribution in [1.29, 1.82) is 5.26 Å². The maximum absolute atomic E-state index is 17.0. The second kappa shape index (κ2) is 12.4. The number of benzene rings is 2. The number of carbonyl (C=O) groups excluding carboxylic acids is 1. The van der Waals surface area contributed by atoms with Crippen LogP contribution in [0.2, 0.25) is 5.02 Å². The normalized spacial score (nSPS) is 27.3. The van der Waals surface area contributed by atoms with Crippen LogP contribution in [0, 0.1) is 28.9 Å². The minimum Gasteiger partial charge on any atom is -0.461 e. The Hall–Kier alpha value is -3.90. The summed E-state index contributed by atoms with van der Waals surface area (Å²) in [6.07, 6.45) is 4.65. The molecule has 51 heavy (non-hydrogen) atoms. The highest BCUT2D eigenvalue weighted by molar-refractivity contribution is 7.23. The highest BCUT2D eigenvalue weighted by atomic mass is 35.5. The molecule has 5 aliphatic rings. The molecule has 2 aromatic heterocycles. The standard InChI is InChI=1S/C36H36ClF3N8O2S/c37-23-10-21-31(29(40)28(23)20-4-5-24(39)32-27(20)22(13-41)33(42)51-32)45-35(50-16-36-7-1-8-48(36)14-18(38)12-36)46-34(21)47-9-6-19(15-47)43-26(49)11-25-30(44-25)17-2-3-17/h4-5,10,17-19,25,30,44H,1-3,6-9,11-12,14-16,42H2,(H,43,49)/t18-,19-,25+,30+,36+/m1/s1. The summed E-state index contributed by atoms with van der Waals surface area (Å²) in [6.45, 7) is 2.25. The molecule has 1 amide bonds. The second-order valence-electron chi connectivity index (χ2n) is 14.7. The Morgan fingerprint density at radius 3 is 2.88 bits per heavy atom. The predicted octanol–water partition coefficient (Wildman–Crippen LogP) is 5.69. The van der Waals surface area contributed by atoms with Gasteiger partial charge in [-0.3, -0.25) is 9.69 Å². The predicted molar refractivity (Wildman–Crippen MR) is 190 cm³/mol. The van der Waals surface area contributed by atoms with Gasteiger partial charge in [0.05, 0.1) is 20.8 Å². The van der Waals surface area contributed by atoms with Crippen LogP contribution in [-0.4, -0.2) is 83.4 Å². The lowest BCUT2D eigenvalue weighted by molar-refractivity contribution is -0.121. The first-order chi connectivity index (χ1) is 24.6. The average molecular weight is 737 g/mol. The van der Waals surface area contributed by atoms with Crippen LogP contribution in [0.15, 0.2) is 18.2 Å². The van der Waals surface area contributed by atoms with Crippen molar-refractivity contribution >= 4 is 60.7 Å². The molecular weight excluding hydrogens is 701 g/mol. The molecule has 4 aliphatic heterocycles. The molecule has 9 rings (SSSR count). The summed E-state index contributed by atoms with van der Waals surface area (Å²) in [5.41, 5.74) is 5.73. The number of nitrogens with one attached hydrogen (secondary N) is 2. The van der Waals surface area contributed by atoms with Crippen LogP contribution in [0.25, 0.3) is 32.1 Å². The number of nitrogen functional groups attached to an aromatic ring is 1. The van der Waals surface area contributed by atoms with Gasteiger partial charge in [0.2, 0.25) is 5.91 Å². The van der Waals surface area contributed by atoms with E-state index >= 15 is 4.39 Å². The molecule has 5 fully saturated rings. The van der Waals surface area contributed by atoms with Gasteiger partial charge in [-0.05, 0) is 62.3 Å². The topological polar surface area (TPSA) is 142 Å². The third-order valence-corrected chi connectivity index (χ3v) is 12.7. The highest BCUT2D eigenvalue weighted by Gasteiger charge is 2.50. The van der Waals surface area contributed by atoms with Gasteiger partial charge in [0, 0.05) is 66.9 Å². The average Bonchev–Trinajstić information content (AvgIpc) is 3.91. The van der Waals surface area contributed by atoms with Gasteiger partial charge in [0.1, 0.15) is 41.0 Å². The summed E-state index contributed by atoms with van der Waals surface area (Å²) in [5, 5.41) is 17.1. The van der Waals surface area contributed by atoms with Crippen LogP contribution in [0.1, 0.15) is 50.5 Å². The van der Waals surface area contributed by atoms with Crippen molar-refractivity contribution in [1.82, 2.24) is 25.5 Å². The van der Waals surface area contributed by atoms with Gasteiger partial charge in [0.25, 0.3) is 0 Å². The molecule has 0 radical (unpaired) electrons. The first-order valence-electron chi connectivity index (χ1n) is 17.6. The summed E-state index contributed by atoms with van der Waals surface area (Å²) < 4.78 is 52.9. The number of nitriles is 1. The van der Waals surface area contributed by atoms with E-state index in [0.717, 1.165) is 30.7 Å². The summed E-state index contributed by atoms with van der Waals surface area (Å²) in [4.78, 5) is 26.4. The Labute approximate surface area is 301 Å². The number of nitrogens with zero attached hydrogens (tertiary/aromatic N) is 5. The van der Waals surface area contributed by atoms with Crippen molar-refractivity contribution in [3.63, 3.8) is 0 Å². The van der Waals surface area contributed by atoms with Crippen LogP contribution in [0.4, 0.5) is 24.0 Å². The van der Waals surface area contributed by atoms with Gasteiger partial charge in [-0.25, -0.2) is 13.2 Å². The quantitative estimate of drug-likeness (QED) is 0.185. The van der Waals surface area contributed by atoms with E-state index in [1.807, 2.05) is 11.0 Å². The number of ether oxygens (including phenoxy) is 1. The Morgan fingerprint density at radius 1 is 1.24 bits per heavy atom. The fourth-order valence-corrected chi connectivity index (χ4v) is 9.97. The lowest BCUT2D eigenvalue weighted by Gasteiger charge is -2.31. The Bertz CT molecular complexity index is 2140. The van der Waals surface area contributed by atoms with Crippen molar-refractivity contribution in [3.8, 4) is 23.2 Å². The van der Waals surface area contributed by atoms with Crippen molar-refractivity contribution in [2.24, 2.45) is 5.92 Å². The molecule has 4 saturated heterocycles.